The molecular formula is C16H22O3. The number of ketones is 1. The van der Waals surface area contributed by atoms with Gasteiger partial charge in [0.05, 0.1) is 13.0 Å². The van der Waals surface area contributed by atoms with Gasteiger partial charge in [-0.05, 0) is 43.9 Å². The van der Waals surface area contributed by atoms with Gasteiger partial charge < -0.3 is 4.74 Å². The van der Waals surface area contributed by atoms with E-state index in [0.717, 1.165) is 25.7 Å². The van der Waals surface area contributed by atoms with Crippen LogP contribution >= 0.6 is 0 Å². The van der Waals surface area contributed by atoms with E-state index >= 15 is 0 Å². The van der Waals surface area contributed by atoms with Gasteiger partial charge in [-0.25, -0.2) is 0 Å². The number of Topliss-reactive ketones (excluding diaryl/α,β-unsaturated/α-hetero) is 1. The third-order valence-electron chi connectivity index (χ3n) is 5.34. The molecule has 0 N–H and O–H groups in total. The number of carbonyl (C=O) groups is 2. The fraction of sp³-hybridized carbons (Fsp3) is 0.750. The molecule has 3 nitrogen and oxygen atoms in total. The Bertz CT molecular complexity index is 451. The molecule has 2 fully saturated rings. The largest absolute Gasteiger partial charge is 0.466 e. The highest BCUT2D eigenvalue weighted by molar-refractivity contribution is 5.91. The Morgan fingerprint density at radius 3 is 3.00 bits per heavy atom. The van der Waals surface area contributed by atoms with Crippen LogP contribution in [-0.4, -0.2) is 18.4 Å². The average Bonchev–Trinajstić information content (AvgIpc) is 3.02. The van der Waals surface area contributed by atoms with Crippen molar-refractivity contribution < 1.29 is 14.3 Å². The number of allylic oxidation sites excluding steroid dienone is 2. The summed E-state index contributed by atoms with van der Waals surface area (Å²) < 4.78 is 5.00. The molecule has 0 amide bonds. The summed E-state index contributed by atoms with van der Waals surface area (Å²) in [5.41, 5.74) is 1.69. The molecule has 0 spiro atoms. The summed E-state index contributed by atoms with van der Waals surface area (Å²) in [6.45, 7) is 4.45. The molecule has 0 bridgehead atoms. The van der Waals surface area contributed by atoms with E-state index in [1.54, 1.807) is 6.92 Å². The fourth-order valence-corrected chi connectivity index (χ4v) is 4.32. The quantitative estimate of drug-likeness (QED) is 0.580. The van der Waals surface area contributed by atoms with Gasteiger partial charge in [-0.2, -0.15) is 0 Å². The zero-order valence-electron chi connectivity index (χ0n) is 11.8. The lowest BCUT2D eigenvalue weighted by Crippen LogP contribution is -2.23. The summed E-state index contributed by atoms with van der Waals surface area (Å²) in [7, 11) is 0. The van der Waals surface area contributed by atoms with E-state index in [9.17, 15) is 9.59 Å². The first-order valence-corrected chi connectivity index (χ1v) is 7.46. The van der Waals surface area contributed by atoms with E-state index < -0.39 is 0 Å². The molecule has 0 saturated heterocycles. The van der Waals surface area contributed by atoms with Crippen LogP contribution in [0.15, 0.2) is 11.6 Å². The number of hydrogen-bond acceptors (Lipinski definition) is 3. The number of fused-ring (bicyclic) bond motifs is 1. The van der Waals surface area contributed by atoms with Crippen molar-refractivity contribution in [3.05, 3.63) is 11.6 Å². The van der Waals surface area contributed by atoms with Gasteiger partial charge in [-0.3, -0.25) is 9.59 Å². The van der Waals surface area contributed by atoms with Gasteiger partial charge >= 0.3 is 5.97 Å². The molecule has 0 radical (unpaired) electrons. The Morgan fingerprint density at radius 2 is 2.26 bits per heavy atom. The highest BCUT2D eigenvalue weighted by Gasteiger charge is 2.67. The second kappa shape index (κ2) is 4.46. The van der Waals surface area contributed by atoms with Gasteiger partial charge in [0.2, 0.25) is 0 Å². The first-order chi connectivity index (χ1) is 9.08. The van der Waals surface area contributed by atoms with Gasteiger partial charge in [0.15, 0.2) is 0 Å². The van der Waals surface area contributed by atoms with Crippen molar-refractivity contribution in [1.29, 1.82) is 0 Å². The number of hydrogen-bond donors (Lipinski definition) is 0. The number of carbonyl (C=O) groups excluding carboxylic acids is 2. The molecule has 2 saturated carbocycles. The van der Waals surface area contributed by atoms with E-state index in [1.165, 1.54) is 5.57 Å². The molecule has 3 aliphatic carbocycles. The summed E-state index contributed by atoms with van der Waals surface area (Å²) in [5, 5.41) is 0. The molecule has 0 aromatic heterocycles. The minimum Gasteiger partial charge on any atom is -0.466 e. The van der Waals surface area contributed by atoms with E-state index in [4.69, 9.17) is 4.74 Å². The molecule has 0 aromatic rings. The third-order valence-corrected chi connectivity index (χ3v) is 5.34. The van der Waals surface area contributed by atoms with Gasteiger partial charge in [0.1, 0.15) is 5.78 Å². The highest BCUT2D eigenvalue weighted by Crippen LogP contribution is 2.69. The van der Waals surface area contributed by atoms with Crippen molar-refractivity contribution in [2.24, 2.45) is 23.2 Å². The Kier molecular flexibility index (Phi) is 3.03. The standard InChI is InChI=1S/C16H22O3/c1-3-19-12(17)9-11-7-6-10-5-4-8-16(2)13(10)14(16)15(11)18/h5,11,13-14H,3-4,6-9H2,1-2H3/t11-,13+,14+,16+/m1/s1. The van der Waals surface area contributed by atoms with Crippen LogP contribution < -0.4 is 0 Å². The minimum atomic E-state index is -0.218. The van der Waals surface area contributed by atoms with Crippen molar-refractivity contribution in [3.8, 4) is 0 Å². The lowest BCUT2D eigenvalue weighted by Gasteiger charge is -2.21. The van der Waals surface area contributed by atoms with Crippen LogP contribution in [-0.2, 0) is 14.3 Å². The molecule has 0 heterocycles. The van der Waals surface area contributed by atoms with Crippen LogP contribution in [0, 0.1) is 23.2 Å². The van der Waals surface area contributed by atoms with Crippen molar-refractivity contribution >= 4 is 11.8 Å². The van der Waals surface area contributed by atoms with E-state index in [-0.39, 0.29) is 29.6 Å². The molecular weight excluding hydrogens is 240 g/mol. The second-order valence-electron chi connectivity index (χ2n) is 6.43. The molecule has 3 aliphatic rings. The van der Waals surface area contributed by atoms with Crippen LogP contribution in [0.5, 0.6) is 0 Å². The third kappa shape index (κ3) is 1.94. The lowest BCUT2D eigenvalue weighted by molar-refractivity contribution is -0.146. The molecule has 0 aromatic carbocycles. The summed E-state index contributed by atoms with van der Waals surface area (Å²) in [4.78, 5) is 24.3. The Hall–Kier alpha value is -1.12. The summed E-state index contributed by atoms with van der Waals surface area (Å²) >= 11 is 0. The molecule has 0 aliphatic heterocycles. The molecule has 104 valence electrons. The molecule has 19 heavy (non-hydrogen) atoms. The predicted molar refractivity (Wildman–Crippen MR) is 71.4 cm³/mol. The van der Waals surface area contributed by atoms with Gasteiger partial charge in [0.25, 0.3) is 0 Å². The van der Waals surface area contributed by atoms with E-state index in [2.05, 4.69) is 13.0 Å². The fourth-order valence-electron chi connectivity index (χ4n) is 4.32. The van der Waals surface area contributed by atoms with Crippen LogP contribution in [0.25, 0.3) is 0 Å². The number of ether oxygens (including phenoxy) is 1. The number of rotatable bonds is 3. The zero-order chi connectivity index (χ0) is 13.6. The van der Waals surface area contributed by atoms with Crippen LogP contribution in [0.4, 0.5) is 0 Å². The minimum absolute atomic E-state index is 0.114. The van der Waals surface area contributed by atoms with Crippen LogP contribution in [0.3, 0.4) is 0 Å². The van der Waals surface area contributed by atoms with Gasteiger partial charge in [0, 0.05) is 11.8 Å². The summed E-state index contributed by atoms with van der Waals surface area (Å²) in [5.74, 6) is 0.664. The molecule has 0 unspecified atom stereocenters. The second-order valence-corrected chi connectivity index (χ2v) is 6.43. The van der Waals surface area contributed by atoms with Gasteiger partial charge in [-0.15, -0.1) is 0 Å². The van der Waals surface area contributed by atoms with Crippen LogP contribution in [0.1, 0.15) is 46.0 Å². The van der Waals surface area contributed by atoms with Crippen molar-refractivity contribution in [2.75, 3.05) is 6.61 Å². The smallest absolute Gasteiger partial charge is 0.306 e. The maximum absolute atomic E-state index is 12.6. The maximum atomic E-state index is 12.6. The maximum Gasteiger partial charge on any atom is 0.306 e. The van der Waals surface area contributed by atoms with Crippen molar-refractivity contribution in [2.45, 2.75) is 46.0 Å². The first-order valence-electron chi connectivity index (χ1n) is 7.46. The van der Waals surface area contributed by atoms with Crippen molar-refractivity contribution in [3.63, 3.8) is 0 Å². The highest BCUT2D eigenvalue weighted by atomic mass is 16.5. The monoisotopic (exact) mass is 262 g/mol. The lowest BCUT2D eigenvalue weighted by atomic mass is 9.83. The normalized spacial score (nSPS) is 40.0. The Labute approximate surface area is 114 Å². The van der Waals surface area contributed by atoms with Crippen molar-refractivity contribution in [1.82, 2.24) is 0 Å². The number of esters is 1. The Balaban J connectivity index is 1.76. The molecule has 4 atom stereocenters. The topological polar surface area (TPSA) is 43.4 Å². The summed E-state index contributed by atoms with van der Waals surface area (Å²) in [6.07, 6.45) is 6.68. The van der Waals surface area contributed by atoms with E-state index in [0.29, 0.717) is 18.3 Å². The zero-order valence-corrected chi connectivity index (χ0v) is 11.8. The van der Waals surface area contributed by atoms with E-state index in [1.807, 2.05) is 0 Å². The molecule has 3 heteroatoms. The SMILES string of the molecule is CCOC(=O)C[C@H]1CCC2=CCC[C@]3(C)[C@H](C1=O)[C@H]23. The van der Waals surface area contributed by atoms with Crippen LogP contribution in [0.2, 0.25) is 0 Å². The predicted octanol–water partition coefficient (Wildman–Crippen LogP) is 2.89. The first kappa shape index (κ1) is 12.9. The molecule has 3 rings (SSSR count). The Morgan fingerprint density at radius 1 is 1.47 bits per heavy atom. The van der Waals surface area contributed by atoms with Gasteiger partial charge in [-0.1, -0.05) is 18.6 Å². The average molecular weight is 262 g/mol. The summed E-state index contributed by atoms with van der Waals surface area (Å²) in [6, 6.07) is 0.